The molecule has 1 aromatic heterocycles. The van der Waals surface area contributed by atoms with Gasteiger partial charge in [0.2, 0.25) is 5.78 Å². The van der Waals surface area contributed by atoms with Crippen LogP contribution >= 0.6 is 0 Å². The van der Waals surface area contributed by atoms with Gasteiger partial charge in [0.25, 0.3) is 5.91 Å². The van der Waals surface area contributed by atoms with Crippen molar-refractivity contribution in [3.63, 3.8) is 0 Å². The standard InChI is InChI=1S/C24H23N3O5/c1-16-25-9-11-27(16)12-10-26-23(28)15-31-19-7-8-20-21(14-19)32-22(24(20)29)13-17-3-5-18(30-2)6-4-17/h3-9,11,13-14H,10,12,15H2,1-2H3,(H,26,28)/b22-13-. The molecule has 1 aliphatic rings. The molecule has 2 aromatic carbocycles. The lowest BCUT2D eigenvalue weighted by Gasteiger charge is -2.09. The van der Waals surface area contributed by atoms with Crippen LogP contribution in [-0.2, 0) is 11.3 Å². The van der Waals surface area contributed by atoms with Gasteiger partial charge >= 0.3 is 0 Å². The number of aryl methyl sites for hydroxylation is 1. The summed E-state index contributed by atoms with van der Waals surface area (Å²) in [6.45, 7) is 2.88. The second kappa shape index (κ2) is 9.38. The van der Waals surface area contributed by atoms with Crippen LogP contribution in [0.3, 0.4) is 0 Å². The molecule has 8 nitrogen and oxygen atoms in total. The number of hydrogen-bond acceptors (Lipinski definition) is 6. The molecule has 0 spiro atoms. The highest BCUT2D eigenvalue weighted by Gasteiger charge is 2.27. The molecule has 1 aliphatic heterocycles. The number of allylic oxidation sites excluding steroid dienone is 1. The Labute approximate surface area is 185 Å². The number of imidazole rings is 1. The molecule has 32 heavy (non-hydrogen) atoms. The fourth-order valence-electron chi connectivity index (χ4n) is 3.26. The molecule has 3 aromatic rings. The van der Waals surface area contributed by atoms with Gasteiger partial charge in [-0.15, -0.1) is 0 Å². The third kappa shape index (κ3) is 4.80. The van der Waals surface area contributed by atoms with Gasteiger partial charge in [-0.25, -0.2) is 4.98 Å². The average molecular weight is 433 g/mol. The summed E-state index contributed by atoms with van der Waals surface area (Å²) < 4.78 is 18.4. The number of nitrogens with zero attached hydrogens (tertiary/aromatic N) is 2. The number of hydrogen-bond donors (Lipinski definition) is 1. The van der Waals surface area contributed by atoms with Crippen molar-refractivity contribution >= 4 is 17.8 Å². The van der Waals surface area contributed by atoms with Gasteiger partial charge in [-0.05, 0) is 42.8 Å². The fourth-order valence-corrected chi connectivity index (χ4v) is 3.26. The molecule has 0 saturated heterocycles. The Morgan fingerprint density at radius 3 is 2.69 bits per heavy atom. The molecule has 0 radical (unpaired) electrons. The number of benzene rings is 2. The summed E-state index contributed by atoms with van der Waals surface area (Å²) >= 11 is 0. The lowest BCUT2D eigenvalue weighted by Crippen LogP contribution is -2.31. The van der Waals surface area contributed by atoms with Crippen molar-refractivity contribution in [3.8, 4) is 17.2 Å². The zero-order valence-electron chi connectivity index (χ0n) is 17.8. The number of rotatable bonds is 8. The minimum atomic E-state index is -0.236. The molecule has 0 aliphatic carbocycles. The Morgan fingerprint density at radius 2 is 1.97 bits per heavy atom. The van der Waals surface area contributed by atoms with E-state index in [1.165, 1.54) is 0 Å². The summed E-state index contributed by atoms with van der Waals surface area (Å²) in [6, 6.07) is 12.2. The van der Waals surface area contributed by atoms with Crippen LogP contribution in [0.15, 0.2) is 60.6 Å². The van der Waals surface area contributed by atoms with Crippen molar-refractivity contribution in [1.29, 1.82) is 0 Å². The van der Waals surface area contributed by atoms with Gasteiger partial charge in [-0.2, -0.15) is 0 Å². The number of fused-ring (bicyclic) bond motifs is 1. The number of aromatic nitrogens is 2. The summed E-state index contributed by atoms with van der Waals surface area (Å²) in [6.07, 6.45) is 5.26. The molecule has 1 N–H and O–H groups in total. The van der Waals surface area contributed by atoms with E-state index in [1.807, 2.05) is 42.0 Å². The largest absolute Gasteiger partial charge is 0.497 e. The molecule has 0 atom stereocenters. The molecule has 0 unspecified atom stereocenters. The lowest BCUT2D eigenvalue weighted by atomic mass is 10.1. The Hall–Kier alpha value is -4.07. The van der Waals surface area contributed by atoms with Gasteiger partial charge in [0.1, 0.15) is 23.1 Å². The number of methoxy groups -OCH3 is 1. The molecule has 0 bridgehead atoms. The third-order valence-corrected chi connectivity index (χ3v) is 5.02. The van der Waals surface area contributed by atoms with E-state index in [4.69, 9.17) is 14.2 Å². The molecule has 1 amide bonds. The van der Waals surface area contributed by atoms with Crippen LogP contribution in [0.25, 0.3) is 6.08 Å². The van der Waals surface area contributed by atoms with Crippen molar-refractivity contribution in [3.05, 3.63) is 77.6 Å². The van der Waals surface area contributed by atoms with Crippen LogP contribution < -0.4 is 19.5 Å². The minimum absolute atomic E-state index is 0.135. The predicted octanol–water partition coefficient (Wildman–Crippen LogP) is 3.01. The topological polar surface area (TPSA) is 91.7 Å². The first-order chi connectivity index (χ1) is 15.5. The number of ketones is 1. The van der Waals surface area contributed by atoms with E-state index in [0.29, 0.717) is 30.2 Å². The van der Waals surface area contributed by atoms with E-state index in [0.717, 1.165) is 17.1 Å². The first kappa shape index (κ1) is 21.2. The van der Waals surface area contributed by atoms with E-state index in [1.54, 1.807) is 37.6 Å². The first-order valence-corrected chi connectivity index (χ1v) is 10.1. The quantitative estimate of drug-likeness (QED) is 0.549. The monoisotopic (exact) mass is 433 g/mol. The number of ether oxygens (including phenoxy) is 3. The molecule has 2 heterocycles. The highest BCUT2D eigenvalue weighted by atomic mass is 16.5. The van der Waals surface area contributed by atoms with Crippen molar-refractivity contribution < 1.29 is 23.8 Å². The summed E-state index contributed by atoms with van der Waals surface area (Å²) in [5, 5.41) is 2.80. The van der Waals surface area contributed by atoms with Gasteiger partial charge in [0.15, 0.2) is 12.4 Å². The van der Waals surface area contributed by atoms with Gasteiger partial charge in [0, 0.05) is 31.5 Å². The Morgan fingerprint density at radius 1 is 1.19 bits per heavy atom. The molecular weight excluding hydrogens is 410 g/mol. The van der Waals surface area contributed by atoms with Gasteiger partial charge in [0.05, 0.1) is 12.7 Å². The van der Waals surface area contributed by atoms with Gasteiger partial charge in [-0.3, -0.25) is 9.59 Å². The number of Topliss-reactive ketones (excluding diaryl/α,β-unsaturated/α-hetero) is 1. The third-order valence-electron chi connectivity index (χ3n) is 5.02. The van der Waals surface area contributed by atoms with Crippen molar-refractivity contribution in [2.75, 3.05) is 20.3 Å². The Kier molecular flexibility index (Phi) is 6.21. The van der Waals surface area contributed by atoms with Crippen molar-refractivity contribution in [1.82, 2.24) is 14.9 Å². The molecule has 0 fully saturated rings. The predicted molar refractivity (Wildman–Crippen MR) is 118 cm³/mol. The molecule has 164 valence electrons. The zero-order valence-corrected chi connectivity index (χ0v) is 17.8. The van der Waals surface area contributed by atoms with E-state index in [9.17, 15) is 9.59 Å². The number of nitrogens with one attached hydrogen (secondary N) is 1. The lowest BCUT2D eigenvalue weighted by molar-refractivity contribution is -0.123. The number of carbonyl (C=O) groups excluding carboxylic acids is 2. The molecule has 8 heteroatoms. The smallest absolute Gasteiger partial charge is 0.258 e. The second-order valence-corrected chi connectivity index (χ2v) is 7.18. The van der Waals surface area contributed by atoms with E-state index in [2.05, 4.69) is 10.3 Å². The summed E-state index contributed by atoms with van der Waals surface area (Å²) in [4.78, 5) is 28.8. The number of amides is 1. The Balaban J connectivity index is 1.32. The molecular formula is C24H23N3O5. The summed E-state index contributed by atoms with van der Waals surface area (Å²) in [5.74, 6) is 2.27. The molecule has 4 rings (SSSR count). The highest BCUT2D eigenvalue weighted by molar-refractivity contribution is 6.14. The summed E-state index contributed by atoms with van der Waals surface area (Å²) in [5.41, 5.74) is 1.28. The van der Waals surface area contributed by atoms with E-state index in [-0.39, 0.29) is 24.1 Å². The maximum Gasteiger partial charge on any atom is 0.258 e. The average Bonchev–Trinajstić information content (AvgIpc) is 3.35. The van der Waals surface area contributed by atoms with E-state index >= 15 is 0 Å². The Bertz CT molecular complexity index is 1160. The van der Waals surface area contributed by atoms with Crippen LogP contribution in [0.1, 0.15) is 21.7 Å². The van der Waals surface area contributed by atoms with Gasteiger partial charge in [-0.1, -0.05) is 12.1 Å². The maximum atomic E-state index is 12.6. The van der Waals surface area contributed by atoms with Crippen LogP contribution in [0.2, 0.25) is 0 Å². The molecule has 0 saturated carbocycles. The maximum absolute atomic E-state index is 12.6. The van der Waals surface area contributed by atoms with Crippen LogP contribution in [-0.4, -0.2) is 41.5 Å². The normalized spacial score (nSPS) is 13.6. The fraction of sp³-hybridized carbons (Fsp3) is 0.208. The highest BCUT2D eigenvalue weighted by Crippen LogP contribution is 2.35. The summed E-state index contributed by atoms with van der Waals surface area (Å²) in [7, 11) is 1.60. The van der Waals surface area contributed by atoms with Crippen LogP contribution in [0, 0.1) is 6.92 Å². The van der Waals surface area contributed by atoms with Crippen LogP contribution in [0.5, 0.6) is 17.2 Å². The zero-order chi connectivity index (χ0) is 22.5. The first-order valence-electron chi connectivity index (χ1n) is 10.1. The van der Waals surface area contributed by atoms with Gasteiger partial charge < -0.3 is 24.1 Å². The van der Waals surface area contributed by atoms with Crippen LogP contribution in [0.4, 0.5) is 0 Å². The van der Waals surface area contributed by atoms with E-state index < -0.39 is 0 Å². The minimum Gasteiger partial charge on any atom is -0.497 e. The second-order valence-electron chi connectivity index (χ2n) is 7.18. The van der Waals surface area contributed by atoms with Crippen molar-refractivity contribution in [2.24, 2.45) is 0 Å². The SMILES string of the molecule is COc1ccc(/C=C2\Oc3cc(OCC(=O)NCCn4ccnc4C)ccc3C2=O)cc1. The van der Waals surface area contributed by atoms with Crippen molar-refractivity contribution in [2.45, 2.75) is 13.5 Å². The number of carbonyl (C=O) groups is 2.